The van der Waals surface area contributed by atoms with E-state index in [1.807, 2.05) is 0 Å². The number of carbonyl (C=O) groups is 1. The SMILES string of the molecule is CCC[C@@H](N)C(=O)NC1CCCCC1CC. The van der Waals surface area contributed by atoms with Gasteiger partial charge in [0.1, 0.15) is 0 Å². The normalized spacial score (nSPS) is 27.4. The Hall–Kier alpha value is -0.570. The maximum atomic E-state index is 11.8. The second-order valence-corrected chi connectivity index (χ2v) is 4.96. The quantitative estimate of drug-likeness (QED) is 0.755. The van der Waals surface area contributed by atoms with Gasteiger partial charge in [-0.3, -0.25) is 4.79 Å². The number of rotatable bonds is 5. The molecule has 94 valence electrons. The van der Waals surface area contributed by atoms with Crippen LogP contribution in [0.2, 0.25) is 0 Å². The summed E-state index contributed by atoms with van der Waals surface area (Å²) in [4.78, 5) is 11.8. The van der Waals surface area contributed by atoms with Gasteiger partial charge in [-0.1, -0.05) is 39.5 Å². The molecule has 0 bridgehead atoms. The predicted octanol–water partition coefficient (Wildman–Crippen LogP) is 2.20. The smallest absolute Gasteiger partial charge is 0.237 e. The van der Waals surface area contributed by atoms with E-state index in [1.54, 1.807) is 0 Å². The summed E-state index contributed by atoms with van der Waals surface area (Å²) in [6.07, 6.45) is 7.85. The molecule has 0 radical (unpaired) electrons. The Labute approximate surface area is 99.2 Å². The minimum absolute atomic E-state index is 0.0483. The lowest BCUT2D eigenvalue weighted by molar-refractivity contribution is -0.123. The van der Waals surface area contributed by atoms with Crippen LogP contribution in [-0.4, -0.2) is 18.0 Å². The Morgan fingerprint density at radius 2 is 2.06 bits per heavy atom. The Morgan fingerprint density at radius 3 is 2.69 bits per heavy atom. The molecule has 1 aliphatic rings. The minimum atomic E-state index is -0.315. The van der Waals surface area contributed by atoms with Crippen molar-refractivity contribution in [3.05, 3.63) is 0 Å². The van der Waals surface area contributed by atoms with Crippen molar-refractivity contribution < 1.29 is 4.79 Å². The molecule has 2 unspecified atom stereocenters. The van der Waals surface area contributed by atoms with Crippen molar-refractivity contribution in [3.8, 4) is 0 Å². The van der Waals surface area contributed by atoms with Gasteiger partial charge >= 0.3 is 0 Å². The van der Waals surface area contributed by atoms with Gasteiger partial charge in [0.15, 0.2) is 0 Å². The van der Waals surface area contributed by atoms with Gasteiger partial charge in [-0.15, -0.1) is 0 Å². The van der Waals surface area contributed by atoms with Crippen LogP contribution in [0.3, 0.4) is 0 Å². The van der Waals surface area contributed by atoms with Gasteiger partial charge in [-0.25, -0.2) is 0 Å². The molecule has 0 aromatic rings. The predicted molar refractivity (Wildman–Crippen MR) is 67.1 cm³/mol. The largest absolute Gasteiger partial charge is 0.352 e. The molecule has 0 aliphatic heterocycles. The van der Waals surface area contributed by atoms with Crippen molar-refractivity contribution in [1.82, 2.24) is 5.32 Å². The average molecular weight is 226 g/mol. The lowest BCUT2D eigenvalue weighted by Crippen LogP contribution is -2.48. The summed E-state index contributed by atoms with van der Waals surface area (Å²) >= 11 is 0. The topological polar surface area (TPSA) is 55.1 Å². The van der Waals surface area contributed by atoms with Crippen LogP contribution >= 0.6 is 0 Å². The zero-order chi connectivity index (χ0) is 12.0. The molecular weight excluding hydrogens is 200 g/mol. The number of nitrogens with one attached hydrogen (secondary N) is 1. The Kier molecular flexibility index (Phi) is 5.81. The van der Waals surface area contributed by atoms with Crippen molar-refractivity contribution in [3.63, 3.8) is 0 Å². The van der Waals surface area contributed by atoms with Gasteiger partial charge in [-0.05, 0) is 25.2 Å². The molecule has 0 spiro atoms. The lowest BCUT2D eigenvalue weighted by atomic mass is 9.83. The molecular formula is C13H26N2O. The molecule has 0 aromatic carbocycles. The third-order valence-electron chi connectivity index (χ3n) is 3.70. The zero-order valence-electron chi connectivity index (χ0n) is 10.7. The number of nitrogens with two attached hydrogens (primary N) is 1. The third kappa shape index (κ3) is 3.78. The molecule has 1 aliphatic carbocycles. The van der Waals surface area contributed by atoms with Crippen LogP contribution < -0.4 is 11.1 Å². The molecule has 0 heterocycles. The maximum absolute atomic E-state index is 11.8. The van der Waals surface area contributed by atoms with E-state index >= 15 is 0 Å². The summed E-state index contributed by atoms with van der Waals surface area (Å²) in [6, 6.07) is 0.0542. The van der Waals surface area contributed by atoms with Crippen LogP contribution in [0.1, 0.15) is 58.8 Å². The Bertz CT molecular complexity index is 218. The second-order valence-electron chi connectivity index (χ2n) is 4.96. The molecule has 3 N–H and O–H groups in total. The third-order valence-corrected chi connectivity index (χ3v) is 3.70. The summed E-state index contributed by atoms with van der Waals surface area (Å²) in [7, 11) is 0. The zero-order valence-corrected chi connectivity index (χ0v) is 10.7. The van der Waals surface area contributed by atoms with E-state index in [4.69, 9.17) is 5.73 Å². The molecule has 1 fully saturated rings. The van der Waals surface area contributed by atoms with Crippen LogP contribution in [0, 0.1) is 5.92 Å². The molecule has 16 heavy (non-hydrogen) atoms. The summed E-state index contributed by atoms with van der Waals surface area (Å²) in [6.45, 7) is 4.27. The fourth-order valence-corrected chi connectivity index (χ4v) is 2.62. The first kappa shape index (κ1) is 13.5. The fourth-order valence-electron chi connectivity index (χ4n) is 2.62. The lowest BCUT2D eigenvalue weighted by Gasteiger charge is -2.32. The number of amides is 1. The molecule has 3 heteroatoms. The first-order valence-electron chi connectivity index (χ1n) is 6.75. The summed E-state index contributed by atoms with van der Waals surface area (Å²) in [5.74, 6) is 0.707. The van der Waals surface area contributed by atoms with Crippen LogP contribution in [0.5, 0.6) is 0 Å². The van der Waals surface area contributed by atoms with Crippen molar-refractivity contribution in [2.75, 3.05) is 0 Å². The summed E-state index contributed by atoms with van der Waals surface area (Å²) < 4.78 is 0. The summed E-state index contributed by atoms with van der Waals surface area (Å²) in [5, 5.41) is 3.14. The molecule has 0 aromatic heterocycles. The molecule has 1 saturated carbocycles. The van der Waals surface area contributed by atoms with Crippen molar-refractivity contribution in [2.45, 2.75) is 70.9 Å². The van der Waals surface area contributed by atoms with E-state index in [1.165, 1.54) is 19.3 Å². The van der Waals surface area contributed by atoms with E-state index in [2.05, 4.69) is 19.2 Å². The van der Waals surface area contributed by atoms with Crippen molar-refractivity contribution in [2.24, 2.45) is 11.7 Å². The molecule has 3 nitrogen and oxygen atoms in total. The maximum Gasteiger partial charge on any atom is 0.237 e. The van der Waals surface area contributed by atoms with Gasteiger partial charge in [0, 0.05) is 6.04 Å². The van der Waals surface area contributed by atoms with Crippen LogP contribution in [-0.2, 0) is 4.79 Å². The average Bonchev–Trinajstić information content (AvgIpc) is 2.30. The number of hydrogen-bond donors (Lipinski definition) is 2. The van der Waals surface area contributed by atoms with Crippen LogP contribution in [0.4, 0.5) is 0 Å². The van der Waals surface area contributed by atoms with Gasteiger partial charge in [0.2, 0.25) is 5.91 Å². The van der Waals surface area contributed by atoms with E-state index in [0.29, 0.717) is 12.0 Å². The molecule has 1 rings (SSSR count). The monoisotopic (exact) mass is 226 g/mol. The van der Waals surface area contributed by atoms with Gasteiger partial charge in [-0.2, -0.15) is 0 Å². The van der Waals surface area contributed by atoms with E-state index in [0.717, 1.165) is 25.7 Å². The van der Waals surface area contributed by atoms with Gasteiger partial charge < -0.3 is 11.1 Å². The van der Waals surface area contributed by atoms with Crippen LogP contribution in [0.15, 0.2) is 0 Å². The first-order chi connectivity index (χ1) is 7.69. The van der Waals surface area contributed by atoms with E-state index < -0.39 is 0 Å². The molecule has 1 amide bonds. The van der Waals surface area contributed by atoms with Gasteiger partial charge in [0.25, 0.3) is 0 Å². The standard InChI is InChI=1S/C13H26N2O/c1-3-7-11(14)13(16)15-12-9-6-5-8-10(12)4-2/h10-12H,3-9,14H2,1-2H3,(H,15,16)/t10?,11-,12?/m1/s1. The van der Waals surface area contributed by atoms with E-state index in [-0.39, 0.29) is 11.9 Å². The molecule has 3 atom stereocenters. The fraction of sp³-hybridized carbons (Fsp3) is 0.923. The van der Waals surface area contributed by atoms with Crippen molar-refractivity contribution >= 4 is 5.91 Å². The highest BCUT2D eigenvalue weighted by Crippen LogP contribution is 2.26. The van der Waals surface area contributed by atoms with Crippen molar-refractivity contribution in [1.29, 1.82) is 0 Å². The van der Waals surface area contributed by atoms with Gasteiger partial charge in [0.05, 0.1) is 6.04 Å². The van der Waals surface area contributed by atoms with E-state index in [9.17, 15) is 4.79 Å². The number of hydrogen-bond acceptors (Lipinski definition) is 2. The Morgan fingerprint density at radius 1 is 1.38 bits per heavy atom. The highest BCUT2D eigenvalue weighted by molar-refractivity contribution is 5.81. The molecule has 0 saturated heterocycles. The van der Waals surface area contributed by atoms with Crippen LogP contribution in [0.25, 0.3) is 0 Å². The Balaban J connectivity index is 2.41. The first-order valence-corrected chi connectivity index (χ1v) is 6.75. The highest BCUT2D eigenvalue weighted by atomic mass is 16.2. The highest BCUT2D eigenvalue weighted by Gasteiger charge is 2.26. The minimum Gasteiger partial charge on any atom is -0.352 e. The number of carbonyl (C=O) groups excluding carboxylic acids is 1. The second kappa shape index (κ2) is 6.89. The summed E-state index contributed by atoms with van der Waals surface area (Å²) in [5.41, 5.74) is 5.82.